The molecule has 2 N–H and O–H groups in total. The molecule has 0 aliphatic carbocycles. The summed E-state index contributed by atoms with van der Waals surface area (Å²) in [6.07, 6.45) is 1.48. The van der Waals surface area contributed by atoms with Crippen molar-refractivity contribution in [2.45, 2.75) is 6.54 Å². The highest BCUT2D eigenvalue weighted by molar-refractivity contribution is 5.27. The molecule has 0 atom stereocenters. The van der Waals surface area contributed by atoms with E-state index >= 15 is 0 Å². The Kier molecular flexibility index (Phi) is 2.38. The largest absolute Gasteiger partial charge is 0.384 e. The number of hydrogen-bond acceptors (Lipinski definition) is 4. The Bertz CT molecular complexity index is 234. The third kappa shape index (κ3) is 2.51. The third-order valence-electron chi connectivity index (χ3n) is 1.22. The first kappa shape index (κ1) is 7.94. The molecule has 60 valence electrons. The smallest absolute Gasteiger partial charge is 0.127 e. The van der Waals surface area contributed by atoms with Gasteiger partial charge in [0.15, 0.2) is 0 Å². The lowest BCUT2D eigenvalue weighted by Crippen LogP contribution is -2.12. The first-order valence-electron chi connectivity index (χ1n) is 3.39. The zero-order chi connectivity index (χ0) is 8.27. The lowest BCUT2D eigenvalue weighted by atomic mass is 10.4. The zero-order valence-electron chi connectivity index (χ0n) is 6.78. The molecule has 0 radical (unpaired) electrons. The van der Waals surface area contributed by atoms with E-state index in [1.807, 2.05) is 19.0 Å². The quantitative estimate of drug-likeness (QED) is 0.654. The molecule has 0 fully saturated rings. The van der Waals surface area contributed by atoms with E-state index in [1.54, 1.807) is 6.07 Å². The number of nitrogens with two attached hydrogens (primary N) is 1. The van der Waals surface area contributed by atoms with Crippen molar-refractivity contribution in [3.05, 3.63) is 18.1 Å². The third-order valence-corrected chi connectivity index (χ3v) is 1.22. The second kappa shape index (κ2) is 3.30. The highest BCUT2D eigenvalue weighted by Gasteiger charge is 1.96. The molecule has 0 aromatic carbocycles. The molecule has 0 saturated heterocycles. The van der Waals surface area contributed by atoms with Gasteiger partial charge in [0, 0.05) is 12.6 Å². The number of rotatable bonds is 2. The van der Waals surface area contributed by atoms with Gasteiger partial charge in [0.05, 0.1) is 5.69 Å². The number of anilines is 1. The average Bonchev–Trinajstić information content (AvgIpc) is 1.85. The topological polar surface area (TPSA) is 55.0 Å². The Balaban J connectivity index is 2.71. The van der Waals surface area contributed by atoms with E-state index in [4.69, 9.17) is 5.73 Å². The normalized spacial score (nSPS) is 10.5. The van der Waals surface area contributed by atoms with Crippen LogP contribution in [0, 0.1) is 0 Å². The molecule has 4 nitrogen and oxygen atoms in total. The van der Waals surface area contributed by atoms with Gasteiger partial charge in [-0.05, 0) is 14.1 Å². The fraction of sp³-hybridized carbons (Fsp3) is 0.429. The molecule has 0 unspecified atom stereocenters. The summed E-state index contributed by atoms with van der Waals surface area (Å²) in [6, 6.07) is 1.78. The van der Waals surface area contributed by atoms with Gasteiger partial charge in [0.2, 0.25) is 0 Å². The summed E-state index contributed by atoms with van der Waals surface area (Å²) in [4.78, 5) is 9.87. The number of nitrogens with zero attached hydrogens (tertiary/aromatic N) is 3. The second-order valence-corrected chi connectivity index (χ2v) is 2.67. The van der Waals surface area contributed by atoms with Gasteiger partial charge >= 0.3 is 0 Å². The van der Waals surface area contributed by atoms with Gasteiger partial charge in [-0.1, -0.05) is 0 Å². The van der Waals surface area contributed by atoms with Gasteiger partial charge in [-0.25, -0.2) is 9.97 Å². The predicted octanol–water partition coefficient (Wildman–Crippen LogP) is 0.120. The van der Waals surface area contributed by atoms with E-state index in [2.05, 4.69) is 9.97 Å². The van der Waals surface area contributed by atoms with Gasteiger partial charge in [0.25, 0.3) is 0 Å². The fourth-order valence-electron chi connectivity index (χ4n) is 0.825. The van der Waals surface area contributed by atoms with E-state index in [9.17, 15) is 0 Å². The monoisotopic (exact) mass is 152 g/mol. The van der Waals surface area contributed by atoms with Crippen molar-refractivity contribution in [3.63, 3.8) is 0 Å². The summed E-state index contributed by atoms with van der Waals surface area (Å²) in [5.74, 6) is 0.525. The van der Waals surface area contributed by atoms with Crippen molar-refractivity contribution in [1.29, 1.82) is 0 Å². The van der Waals surface area contributed by atoms with Crippen LogP contribution in [0.15, 0.2) is 12.4 Å². The van der Waals surface area contributed by atoms with Gasteiger partial charge in [-0.15, -0.1) is 0 Å². The van der Waals surface area contributed by atoms with Crippen molar-refractivity contribution < 1.29 is 0 Å². The molecular formula is C7H12N4. The molecule has 0 spiro atoms. The van der Waals surface area contributed by atoms with Crippen LogP contribution in [0.25, 0.3) is 0 Å². The lowest BCUT2D eigenvalue weighted by molar-refractivity contribution is 0.396. The molecule has 4 heteroatoms. The van der Waals surface area contributed by atoms with Crippen LogP contribution >= 0.6 is 0 Å². The molecule has 1 rings (SSSR count). The summed E-state index contributed by atoms with van der Waals surface area (Å²) in [5.41, 5.74) is 6.41. The minimum Gasteiger partial charge on any atom is -0.384 e. The zero-order valence-corrected chi connectivity index (χ0v) is 6.78. The first-order chi connectivity index (χ1) is 5.18. The highest BCUT2D eigenvalue weighted by Crippen LogP contribution is 2.00. The number of aromatic nitrogens is 2. The molecule has 1 heterocycles. The van der Waals surface area contributed by atoms with E-state index in [1.165, 1.54) is 6.33 Å². The summed E-state index contributed by atoms with van der Waals surface area (Å²) >= 11 is 0. The predicted molar refractivity (Wildman–Crippen MR) is 43.8 cm³/mol. The fourth-order valence-corrected chi connectivity index (χ4v) is 0.825. The van der Waals surface area contributed by atoms with Crippen LogP contribution in [-0.2, 0) is 6.54 Å². The molecule has 0 amide bonds. The Hall–Kier alpha value is -1.16. The Morgan fingerprint density at radius 1 is 1.45 bits per heavy atom. The van der Waals surface area contributed by atoms with Crippen LogP contribution < -0.4 is 5.73 Å². The van der Waals surface area contributed by atoms with Crippen LogP contribution in [0.3, 0.4) is 0 Å². The van der Waals surface area contributed by atoms with Crippen molar-refractivity contribution in [2.75, 3.05) is 19.8 Å². The molecular weight excluding hydrogens is 140 g/mol. The molecule has 0 bridgehead atoms. The maximum atomic E-state index is 5.46. The van der Waals surface area contributed by atoms with Crippen molar-refractivity contribution in [3.8, 4) is 0 Å². The average molecular weight is 152 g/mol. The lowest BCUT2D eigenvalue weighted by Gasteiger charge is -2.07. The maximum Gasteiger partial charge on any atom is 0.127 e. The minimum atomic E-state index is 0.525. The van der Waals surface area contributed by atoms with Gasteiger partial charge in [-0.2, -0.15) is 0 Å². The van der Waals surface area contributed by atoms with Gasteiger partial charge < -0.3 is 10.6 Å². The van der Waals surface area contributed by atoms with Crippen LogP contribution in [0.1, 0.15) is 5.69 Å². The van der Waals surface area contributed by atoms with Crippen LogP contribution in [-0.4, -0.2) is 29.0 Å². The molecule has 1 aromatic rings. The standard InChI is InChI=1S/C7H12N4/c1-11(2)4-6-3-7(8)10-5-9-6/h3,5H,4H2,1-2H3,(H2,8,9,10). The summed E-state index contributed by atoms with van der Waals surface area (Å²) in [5, 5.41) is 0. The first-order valence-corrected chi connectivity index (χ1v) is 3.39. The molecule has 0 aliphatic rings. The van der Waals surface area contributed by atoms with Crippen LogP contribution in [0.2, 0.25) is 0 Å². The number of nitrogen functional groups attached to an aromatic ring is 1. The Morgan fingerprint density at radius 2 is 2.18 bits per heavy atom. The summed E-state index contributed by atoms with van der Waals surface area (Å²) in [6.45, 7) is 0.798. The summed E-state index contributed by atoms with van der Waals surface area (Å²) < 4.78 is 0. The van der Waals surface area contributed by atoms with E-state index in [0.717, 1.165) is 12.2 Å². The van der Waals surface area contributed by atoms with Crippen molar-refractivity contribution in [1.82, 2.24) is 14.9 Å². The van der Waals surface area contributed by atoms with Crippen LogP contribution in [0.4, 0.5) is 5.82 Å². The molecule has 0 saturated carbocycles. The minimum absolute atomic E-state index is 0.525. The molecule has 1 aromatic heterocycles. The Labute approximate surface area is 66.1 Å². The SMILES string of the molecule is CN(C)Cc1cc(N)ncn1. The maximum absolute atomic E-state index is 5.46. The molecule has 0 aliphatic heterocycles. The van der Waals surface area contributed by atoms with Gasteiger partial charge in [0.1, 0.15) is 12.1 Å². The summed E-state index contributed by atoms with van der Waals surface area (Å²) in [7, 11) is 3.97. The second-order valence-electron chi connectivity index (χ2n) is 2.67. The van der Waals surface area contributed by atoms with E-state index < -0.39 is 0 Å². The van der Waals surface area contributed by atoms with E-state index in [0.29, 0.717) is 5.82 Å². The Morgan fingerprint density at radius 3 is 2.73 bits per heavy atom. The highest BCUT2D eigenvalue weighted by atomic mass is 15.1. The number of hydrogen-bond donors (Lipinski definition) is 1. The van der Waals surface area contributed by atoms with Crippen LogP contribution in [0.5, 0.6) is 0 Å². The van der Waals surface area contributed by atoms with Crippen molar-refractivity contribution in [2.24, 2.45) is 0 Å². The van der Waals surface area contributed by atoms with E-state index in [-0.39, 0.29) is 0 Å². The van der Waals surface area contributed by atoms with Crippen molar-refractivity contribution >= 4 is 5.82 Å². The van der Waals surface area contributed by atoms with Gasteiger partial charge in [-0.3, -0.25) is 0 Å². The molecule has 11 heavy (non-hydrogen) atoms.